The van der Waals surface area contributed by atoms with Gasteiger partial charge in [-0.05, 0) is 41.8 Å². The third-order valence-corrected chi connectivity index (χ3v) is 6.43. The SMILES string of the molecule is C[C@H](NC(=O)c1c(C(F)(F)F)nn2c1N(Cc1cc(Br)cc(C(F)(F)F)c1)CC2)c1ccc(CO)cc1. The van der Waals surface area contributed by atoms with Crippen LogP contribution in [0.25, 0.3) is 0 Å². The van der Waals surface area contributed by atoms with Crippen molar-refractivity contribution in [3.8, 4) is 0 Å². The van der Waals surface area contributed by atoms with Gasteiger partial charge in [0.25, 0.3) is 5.91 Å². The molecule has 1 atom stereocenters. The molecule has 1 aliphatic heterocycles. The maximum atomic E-state index is 13.9. The van der Waals surface area contributed by atoms with Crippen molar-refractivity contribution in [1.82, 2.24) is 15.1 Å². The average molecular weight is 591 g/mol. The molecule has 0 radical (unpaired) electrons. The minimum atomic E-state index is -4.93. The van der Waals surface area contributed by atoms with Gasteiger partial charge in [-0.25, -0.2) is 4.68 Å². The number of aliphatic hydroxyl groups excluding tert-OH is 1. The van der Waals surface area contributed by atoms with Crippen molar-refractivity contribution in [3.63, 3.8) is 0 Å². The van der Waals surface area contributed by atoms with Crippen molar-refractivity contribution in [3.05, 3.63) is 80.4 Å². The van der Waals surface area contributed by atoms with Crippen molar-refractivity contribution in [2.24, 2.45) is 0 Å². The summed E-state index contributed by atoms with van der Waals surface area (Å²) in [6, 6.07) is 9.14. The quantitative estimate of drug-likeness (QED) is 0.362. The monoisotopic (exact) mass is 590 g/mol. The van der Waals surface area contributed by atoms with Crippen molar-refractivity contribution >= 4 is 27.7 Å². The van der Waals surface area contributed by atoms with Gasteiger partial charge in [-0.1, -0.05) is 40.2 Å². The fourth-order valence-electron chi connectivity index (χ4n) is 4.20. The number of hydrogen-bond donors (Lipinski definition) is 2. The number of nitrogens with one attached hydrogen (secondary N) is 1. The smallest absolute Gasteiger partial charge is 0.392 e. The normalized spacial score (nSPS) is 14.6. The van der Waals surface area contributed by atoms with E-state index in [9.17, 15) is 36.2 Å². The third kappa shape index (κ3) is 5.77. The van der Waals surface area contributed by atoms with E-state index in [1.807, 2.05) is 0 Å². The number of carbonyl (C=O) groups is 1. The summed E-state index contributed by atoms with van der Waals surface area (Å²) in [5.74, 6) is -1.12. The summed E-state index contributed by atoms with van der Waals surface area (Å²) in [6.07, 6.45) is -9.54. The summed E-state index contributed by atoms with van der Waals surface area (Å²) in [4.78, 5) is 14.6. The number of fused-ring (bicyclic) bond motifs is 1. The van der Waals surface area contributed by atoms with Crippen LogP contribution in [-0.2, 0) is 32.0 Å². The highest BCUT2D eigenvalue weighted by atomic mass is 79.9. The lowest BCUT2D eigenvalue weighted by molar-refractivity contribution is -0.142. The lowest BCUT2D eigenvalue weighted by Crippen LogP contribution is -2.31. The Kier molecular flexibility index (Phi) is 7.30. The van der Waals surface area contributed by atoms with Gasteiger partial charge in [0, 0.05) is 17.6 Å². The molecule has 0 saturated heterocycles. The largest absolute Gasteiger partial charge is 0.436 e. The van der Waals surface area contributed by atoms with E-state index < -0.39 is 41.1 Å². The molecule has 2 N–H and O–H groups in total. The van der Waals surface area contributed by atoms with Crippen LogP contribution in [0.4, 0.5) is 32.2 Å². The number of rotatable bonds is 6. The van der Waals surface area contributed by atoms with Crippen LogP contribution in [0.1, 0.15) is 51.3 Å². The number of hydrogen-bond acceptors (Lipinski definition) is 4. The van der Waals surface area contributed by atoms with Crippen LogP contribution >= 0.6 is 15.9 Å². The molecule has 1 aliphatic rings. The first-order valence-electron chi connectivity index (χ1n) is 11.1. The Labute approximate surface area is 216 Å². The molecule has 4 rings (SSSR count). The number of aliphatic hydroxyl groups is 1. The Hall–Kier alpha value is -3.06. The molecule has 37 heavy (non-hydrogen) atoms. The van der Waals surface area contributed by atoms with Crippen molar-refractivity contribution in [2.45, 2.75) is 45.0 Å². The van der Waals surface area contributed by atoms with Gasteiger partial charge in [0.05, 0.1) is 24.8 Å². The van der Waals surface area contributed by atoms with E-state index in [2.05, 4.69) is 26.3 Å². The first kappa shape index (κ1) is 27.0. The number of carbonyl (C=O) groups excluding carboxylic acids is 1. The number of nitrogens with zero attached hydrogens (tertiary/aromatic N) is 3. The van der Waals surface area contributed by atoms with Gasteiger partial charge < -0.3 is 15.3 Å². The Morgan fingerprint density at radius 2 is 1.73 bits per heavy atom. The number of amides is 1. The molecule has 0 fully saturated rings. The number of alkyl halides is 6. The lowest BCUT2D eigenvalue weighted by atomic mass is 10.1. The van der Waals surface area contributed by atoms with Crippen molar-refractivity contribution in [2.75, 3.05) is 11.4 Å². The molecule has 3 aromatic rings. The maximum Gasteiger partial charge on any atom is 0.436 e. The number of benzene rings is 2. The van der Waals surface area contributed by atoms with Gasteiger partial charge in [0.1, 0.15) is 11.4 Å². The zero-order valence-electron chi connectivity index (χ0n) is 19.3. The second-order valence-electron chi connectivity index (χ2n) is 8.63. The molecule has 0 unspecified atom stereocenters. The number of halogens is 7. The molecular formula is C24H21BrF6N4O2. The highest BCUT2D eigenvalue weighted by Gasteiger charge is 2.44. The van der Waals surface area contributed by atoms with Crippen LogP contribution < -0.4 is 10.2 Å². The van der Waals surface area contributed by atoms with Gasteiger partial charge in [-0.3, -0.25) is 4.79 Å². The maximum absolute atomic E-state index is 13.9. The van der Waals surface area contributed by atoms with Crippen molar-refractivity contribution in [1.29, 1.82) is 0 Å². The second-order valence-corrected chi connectivity index (χ2v) is 9.55. The lowest BCUT2D eigenvalue weighted by Gasteiger charge is -2.21. The zero-order chi connectivity index (χ0) is 27.1. The first-order valence-corrected chi connectivity index (χ1v) is 11.9. The Bertz CT molecular complexity index is 1300. The number of anilines is 1. The van der Waals surface area contributed by atoms with Gasteiger partial charge in [0.15, 0.2) is 5.69 Å². The van der Waals surface area contributed by atoms with Crippen LogP contribution in [0, 0.1) is 0 Å². The van der Waals surface area contributed by atoms with Gasteiger partial charge in [-0.2, -0.15) is 31.4 Å². The minimum Gasteiger partial charge on any atom is -0.392 e. The minimum absolute atomic E-state index is 0.0317. The summed E-state index contributed by atoms with van der Waals surface area (Å²) in [5, 5.41) is 15.4. The van der Waals surface area contributed by atoms with E-state index in [0.717, 1.165) is 16.8 Å². The Morgan fingerprint density at radius 1 is 1.05 bits per heavy atom. The molecule has 2 heterocycles. The molecular weight excluding hydrogens is 570 g/mol. The molecule has 0 spiro atoms. The fraction of sp³-hybridized carbons (Fsp3) is 0.333. The summed E-state index contributed by atoms with van der Waals surface area (Å²) >= 11 is 3.05. The highest BCUT2D eigenvalue weighted by Crippen LogP contribution is 2.39. The zero-order valence-corrected chi connectivity index (χ0v) is 20.9. The van der Waals surface area contributed by atoms with Crippen molar-refractivity contribution < 1.29 is 36.2 Å². The van der Waals surface area contributed by atoms with Crippen LogP contribution in [0.2, 0.25) is 0 Å². The first-order chi connectivity index (χ1) is 17.3. The summed E-state index contributed by atoms with van der Waals surface area (Å²) in [7, 11) is 0. The molecule has 1 amide bonds. The van der Waals surface area contributed by atoms with Crippen LogP contribution in [0.3, 0.4) is 0 Å². The third-order valence-electron chi connectivity index (χ3n) is 5.97. The molecule has 0 saturated carbocycles. The highest BCUT2D eigenvalue weighted by molar-refractivity contribution is 9.10. The fourth-order valence-corrected chi connectivity index (χ4v) is 4.74. The second kappa shape index (κ2) is 10.0. The van der Waals surface area contributed by atoms with E-state index in [0.29, 0.717) is 11.1 Å². The van der Waals surface area contributed by atoms with E-state index >= 15 is 0 Å². The molecule has 0 bridgehead atoms. The van der Waals surface area contributed by atoms with Gasteiger partial charge >= 0.3 is 12.4 Å². The average Bonchev–Trinajstić information content (AvgIpc) is 3.38. The Morgan fingerprint density at radius 3 is 2.32 bits per heavy atom. The van der Waals surface area contributed by atoms with E-state index in [1.54, 1.807) is 31.2 Å². The molecule has 1 aromatic heterocycles. The number of aromatic nitrogens is 2. The van der Waals surface area contributed by atoms with Crippen LogP contribution in [-0.4, -0.2) is 27.3 Å². The summed E-state index contributed by atoms with van der Waals surface area (Å²) in [5.41, 5.74) is -1.51. The predicted octanol–water partition coefficient (Wildman–Crippen LogP) is 5.69. The van der Waals surface area contributed by atoms with E-state index in [1.165, 1.54) is 11.0 Å². The van der Waals surface area contributed by atoms with Gasteiger partial charge in [0.2, 0.25) is 0 Å². The molecule has 198 valence electrons. The van der Waals surface area contributed by atoms with Crippen LogP contribution in [0.5, 0.6) is 0 Å². The molecule has 6 nitrogen and oxygen atoms in total. The topological polar surface area (TPSA) is 70.4 Å². The van der Waals surface area contributed by atoms with E-state index in [-0.39, 0.29) is 42.1 Å². The summed E-state index contributed by atoms with van der Waals surface area (Å²) in [6.45, 7) is 1.44. The van der Waals surface area contributed by atoms with Gasteiger partial charge in [-0.15, -0.1) is 0 Å². The Balaban J connectivity index is 1.67. The summed E-state index contributed by atoms with van der Waals surface area (Å²) < 4.78 is 82.6. The van der Waals surface area contributed by atoms with Crippen LogP contribution in [0.15, 0.2) is 46.9 Å². The molecule has 2 aromatic carbocycles. The molecule has 13 heteroatoms. The predicted molar refractivity (Wildman–Crippen MR) is 126 cm³/mol. The van der Waals surface area contributed by atoms with E-state index in [4.69, 9.17) is 0 Å². The molecule has 0 aliphatic carbocycles. The standard InChI is InChI=1S/C24H21BrF6N4O2/c1-13(16-4-2-14(12-36)3-5-16)32-21(37)19-20(24(29,30)31)33-35-7-6-34(22(19)35)11-15-8-17(23(26,27)28)10-18(25)9-15/h2-5,8-10,13,36H,6-7,11-12H2,1H3,(H,32,37)/t13-/m0/s1.